The largest absolute Gasteiger partial charge is 0.378 e. The minimum absolute atomic E-state index is 0.0220. The van der Waals surface area contributed by atoms with Crippen molar-refractivity contribution in [3.8, 4) is 0 Å². The molecule has 0 radical (unpaired) electrons. The summed E-state index contributed by atoms with van der Waals surface area (Å²) in [6.45, 7) is 2.13. The Balaban J connectivity index is 1.35. The number of nitrogens with one attached hydrogen (secondary N) is 1. The number of sulfonamides is 1. The normalized spacial score (nSPS) is 17.3. The van der Waals surface area contributed by atoms with E-state index in [1.807, 2.05) is 17.0 Å². The molecular weight excluding hydrogens is 585 g/mol. The lowest BCUT2D eigenvalue weighted by molar-refractivity contribution is -0.0231. The molecule has 1 amide bonds. The van der Waals surface area contributed by atoms with Crippen molar-refractivity contribution in [2.45, 2.75) is 10.6 Å². The highest BCUT2D eigenvalue weighted by molar-refractivity contribution is 9.10. The third-order valence-corrected chi connectivity index (χ3v) is 8.88. The van der Waals surface area contributed by atoms with Gasteiger partial charge in [-0.2, -0.15) is 0 Å². The average Bonchev–Trinajstić information content (AvgIpc) is 2.87. The van der Waals surface area contributed by atoms with E-state index in [1.165, 1.54) is 23.1 Å². The molecule has 0 atom stereocenters. The average molecular weight is 609 g/mol. The summed E-state index contributed by atoms with van der Waals surface area (Å²) < 4.78 is 50.9. The van der Waals surface area contributed by atoms with Crippen molar-refractivity contribution in [2.24, 2.45) is 0 Å². The zero-order valence-corrected chi connectivity index (χ0v) is 22.8. The molecule has 37 heavy (non-hydrogen) atoms. The van der Waals surface area contributed by atoms with Crippen LogP contribution in [0.2, 0.25) is 5.02 Å². The molecule has 2 aliphatic heterocycles. The Morgan fingerprint density at radius 2 is 1.70 bits per heavy atom. The zero-order chi connectivity index (χ0) is 26.2. The number of carbonyl (C=O) groups excluding carboxylic acids is 1. The Labute approximate surface area is 228 Å². The molecule has 2 saturated heterocycles. The Morgan fingerprint density at radius 1 is 1.03 bits per heavy atom. The van der Waals surface area contributed by atoms with Crippen molar-refractivity contribution >= 4 is 54.8 Å². The highest BCUT2D eigenvalue weighted by atomic mass is 79.9. The number of alkyl halides is 1. The number of para-hydroxylation sites is 2. The van der Waals surface area contributed by atoms with Crippen LogP contribution in [0.3, 0.4) is 0 Å². The number of nitrogens with zero attached hydrogens (tertiary/aromatic N) is 2. The first-order valence-corrected chi connectivity index (χ1v) is 14.3. The number of hydrogen-bond acceptors (Lipinski definition) is 5. The maximum atomic E-state index is 15.3. The second kappa shape index (κ2) is 10.2. The van der Waals surface area contributed by atoms with E-state index in [-0.39, 0.29) is 28.6 Å². The van der Waals surface area contributed by atoms with E-state index in [4.69, 9.17) is 16.3 Å². The number of morpholine rings is 1. The van der Waals surface area contributed by atoms with E-state index in [2.05, 4.69) is 20.7 Å². The number of likely N-dealkylation sites (tertiary alicyclic amines) is 1. The molecule has 0 saturated carbocycles. The van der Waals surface area contributed by atoms with E-state index in [9.17, 15) is 13.2 Å². The summed E-state index contributed by atoms with van der Waals surface area (Å²) in [5.41, 5.74) is 0.0798. The molecule has 1 N–H and O–H groups in total. The van der Waals surface area contributed by atoms with Crippen LogP contribution in [-0.4, -0.2) is 58.6 Å². The number of halogens is 3. The predicted molar refractivity (Wildman–Crippen MR) is 145 cm³/mol. The fourth-order valence-electron chi connectivity index (χ4n) is 4.50. The van der Waals surface area contributed by atoms with E-state index in [1.54, 1.807) is 36.4 Å². The summed E-state index contributed by atoms with van der Waals surface area (Å²) in [5.74, 6) is -0.466. The van der Waals surface area contributed by atoms with Crippen LogP contribution >= 0.6 is 27.5 Å². The van der Waals surface area contributed by atoms with Crippen LogP contribution in [-0.2, 0) is 20.4 Å². The van der Waals surface area contributed by atoms with E-state index < -0.39 is 21.6 Å². The van der Waals surface area contributed by atoms with Crippen molar-refractivity contribution in [1.29, 1.82) is 0 Å². The van der Waals surface area contributed by atoms with Gasteiger partial charge in [0.25, 0.3) is 15.9 Å². The van der Waals surface area contributed by atoms with Crippen LogP contribution in [0.4, 0.5) is 15.8 Å². The molecule has 194 valence electrons. The minimum atomic E-state index is -4.13. The van der Waals surface area contributed by atoms with Crippen molar-refractivity contribution in [2.75, 3.05) is 49.0 Å². The first-order valence-electron chi connectivity index (χ1n) is 11.6. The fourth-order valence-corrected chi connectivity index (χ4v) is 6.36. The number of benzene rings is 3. The van der Waals surface area contributed by atoms with Crippen molar-refractivity contribution in [3.63, 3.8) is 0 Å². The van der Waals surface area contributed by atoms with Crippen LogP contribution in [0.5, 0.6) is 0 Å². The molecule has 2 aliphatic rings. The summed E-state index contributed by atoms with van der Waals surface area (Å²) in [7, 11) is -4.13. The molecule has 0 spiro atoms. The summed E-state index contributed by atoms with van der Waals surface area (Å²) in [4.78, 5) is 16.3. The number of amides is 1. The van der Waals surface area contributed by atoms with Crippen LogP contribution in [0.15, 0.2) is 76.1 Å². The van der Waals surface area contributed by atoms with Crippen molar-refractivity contribution < 1.29 is 22.3 Å². The molecule has 0 aromatic heterocycles. The van der Waals surface area contributed by atoms with Gasteiger partial charge in [-0.25, -0.2) is 12.8 Å². The van der Waals surface area contributed by atoms with Crippen molar-refractivity contribution in [3.05, 3.63) is 87.4 Å². The predicted octanol–water partition coefficient (Wildman–Crippen LogP) is 5.06. The Morgan fingerprint density at radius 3 is 2.41 bits per heavy atom. The molecule has 5 rings (SSSR count). The number of carbonyl (C=O) groups is 1. The van der Waals surface area contributed by atoms with Crippen LogP contribution in [0.1, 0.15) is 15.9 Å². The lowest BCUT2D eigenvalue weighted by atomic mass is 9.87. The topological polar surface area (TPSA) is 79.0 Å². The molecule has 3 aromatic rings. The Hall–Kier alpha value is -2.66. The summed E-state index contributed by atoms with van der Waals surface area (Å²) in [6.07, 6.45) is 0. The zero-order valence-electron chi connectivity index (χ0n) is 19.7. The van der Waals surface area contributed by atoms with Crippen molar-refractivity contribution in [1.82, 2.24) is 4.90 Å². The molecule has 3 aromatic carbocycles. The first kappa shape index (κ1) is 26.0. The lowest BCUT2D eigenvalue weighted by Gasteiger charge is -2.44. The molecule has 2 heterocycles. The maximum absolute atomic E-state index is 15.3. The molecule has 0 bridgehead atoms. The van der Waals surface area contributed by atoms with Gasteiger partial charge >= 0.3 is 0 Å². The quantitative estimate of drug-likeness (QED) is 0.423. The monoisotopic (exact) mass is 607 g/mol. The van der Waals surface area contributed by atoms with Gasteiger partial charge in [0, 0.05) is 23.1 Å². The molecule has 2 fully saturated rings. The SMILES string of the molecule is O=C(c1ccc(Cl)c(S(=O)(=O)Nc2ccccc2N2CCOCC2)c1)N1CC(F)(c2ccc(Br)cc2)C1. The second-order valence-electron chi connectivity index (χ2n) is 9.00. The van der Waals surface area contributed by atoms with Crippen LogP contribution < -0.4 is 9.62 Å². The summed E-state index contributed by atoms with van der Waals surface area (Å²) >= 11 is 9.60. The van der Waals surface area contributed by atoms with Gasteiger partial charge < -0.3 is 14.5 Å². The van der Waals surface area contributed by atoms with Gasteiger partial charge in [0.2, 0.25) is 0 Å². The van der Waals surface area contributed by atoms with E-state index in [0.29, 0.717) is 37.6 Å². The number of ether oxygens (including phenoxy) is 1. The van der Waals surface area contributed by atoms with Gasteiger partial charge in [-0.15, -0.1) is 0 Å². The molecular formula is C26H24BrClFN3O4S. The fraction of sp³-hybridized carbons (Fsp3) is 0.269. The number of rotatable bonds is 6. The molecule has 0 aliphatic carbocycles. The minimum Gasteiger partial charge on any atom is -0.378 e. The smallest absolute Gasteiger partial charge is 0.263 e. The van der Waals surface area contributed by atoms with E-state index in [0.717, 1.165) is 10.2 Å². The first-order chi connectivity index (χ1) is 17.7. The summed E-state index contributed by atoms with van der Waals surface area (Å²) in [5, 5.41) is -0.0220. The van der Waals surface area contributed by atoms with Gasteiger partial charge in [0.1, 0.15) is 4.90 Å². The third kappa shape index (κ3) is 5.34. The van der Waals surface area contributed by atoms with E-state index >= 15 is 4.39 Å². The highest BCUT2D eigenvalue weighted by Crippen LogP contribution is 2.38. The van der Waals surface area contributed by atoms with Gasteiger partial charge in [-0.1, -0.05) is 51.8 Å². The third-order valence-electron chi connectivity index (χ3n) is 6.50. The molecule has 0 unspecified atom stereocenters. The van der Waals surface area contributed by atoms with Crippen LogP contribution in [0, 0.1) is 0 Å². The second-order valence-corrected chi connectivity index (χ2v) is 12.0. The van der Waals surface area contributed by atoms with Gasteiger partial charge in [-0.3, -0.25) is 9.52 Å². The lowest BCUT2D eigenvalue weighted by Crippen LogP contribution is -2.58. The highest BCUT2D eigenvalue weighted by Gasteiger charge is 2.47. The standard InChI is InChI=1S/C26H24BrClFN3O4S/c27-20-8-6-19(7-9-20)26(29)16-32(17-26)25(33)18-5-10-21(28)24(15-18)37(34,35)30-22-3-1-2-4-23(22)31-11-13-36-14-12-31/h1-10,15,30H,11-14,16-17H2. The van der Waals surface area contributed by atoms with Gasteiger partial charge in [0.05, 0.1) is 42.7 Å². The number of hydrogen-bond donors (Lipinski definition) is 1. The van der Waals surface area contributed by atoms with Gasteiger partial charge in [-0.05, 0) is 48.0 Å². The maximum Gasteiger partial charge on any atom is 0.263 e. The Bertz CT molecular complexity index is 1430. The molecule has 11 heteroatoms. The summed E-state index contributed by atoms with van der Waals surface area (Å²) in [6, 6.07) is 18.0. The Kier molecular flexibility index (Phi) is 7.19. The number of anilines is 2. The molecule has 7 nitrogen and oxygen atoms in total. The van der Waals surface area contributed by atoms with Gasteiger partial charge in [0.15, 0.2) is 5.67 Å². The van der Waals surface area contributed by atoms with Crippen LogP contribution in [0.25, 0.3) is 0 Å².